The molecular formula is C33H41N5O2. The van der Waals surface area contributed by atoms with Crippen LogP contribution in [-0.4, -0.2) is 72.5 Å². The summed E-state index contributed by atoms with van der Waals surface area (Å²) in [6.45, 7) is 10.7. The highest BCUT2D eigenvalue weighted by Gasteiger charge is 2.25. The molecule has 7 nitrogen and oxygen atoms in total. The van der Waals surface area contributed by atoms with Crippen LogP contribution in [0.15, 0.2) is 72.8 Å². The van der Waals surface area contributed by atoms with Gasteiger partial charge in [0.2, 0.25) is 5.91 Å². The number of rotatable bonds is 7. The lowest BCUT2D eigenvalue weighted by atomic mass is 9.89. The number of likely N-dealkylation sites (tertiary alicyclic amines) is 1. The van der Waals surface area contributed by atoms with Gasteiger partial charge in [-0.1, -0.05) is 60.7 Å². The first-order chi connectivity index (χ1) is 19.4. The maximum absolute atomic E-state index is 12.9. The number of piperidine rings is 1. The quantitative estimate of drug-likeness (QED) is 0.418. The van der Waals surface area contributed by atoms with Crippen molar-refractivity contribution in [1.29, 1.82) is 0 Å². The van der Waals surface area contributed by atoms with Gasteiger partial charge in [-0.2, -0.15) is 0 Å². The van der Waals surface area contributed by atoms with Gasteiger partial charge in [0.05, 0.1) is 6.54 Å². The zero-order chi connectivity index (χ0) is 27.9. The number of hydrogen-bond acceptors (Lipinski definition) is 4. The monoisotopic (exact) mass is 539 g/mol. The first-order valence-electron chi connectivity index (χ1n) is 14.5. The van der Waals surface area contributed by atoms with Crippen molar-refractivity contribution in [2.75, 3.05) is 56.4 Å². The van der Waals surface area contributed by atoms with Gasteiger partial charge in [-0.3, -0.25) is 14.6 Å². The van der Waals surface area contributed by atoms with Crippen molar-refractivity contribution >= 4 is 23.3 Å². The van der Waals surface area contributed by atoms with Crippen LogP contribution < -0.4 is 10.6 Å². The number of urea groups is 1. The maximum Gasteiger partial charge on any atom is 0.321 e. The first kappa shape index (κ1) is 27.9. The normalized spacial score (nSPS) is 17.0. The van der Waals surface area contributed by atoms with Crippen LogP contribution in [0.3, 0.4) is 0 Å². The van der Waals surface area contributed by atoms with E-state index in [1.165, 1.54) is 11.1 Å². The minimum absolute atomic E-state index is 0.0217. The average Bonchev–Trinajstić information content (AvgIpc) is 2.97. The molecule has 0 saturated carbocycles. The third-order valence-corrected chi connectivity index (χ3v) is 8.24. The van der Waals surface area contributed by atoms with Crippen LogP contribution in [0.1, 0.15) is 41.0 Å². The topological polar surface area (TPSA) is 67.9 Å². The van der Waals surface area contributed by atoms with Gasteiger partial charge < -0.3 is 15.5 Å². The fourth-order valence-electron chi connectivity index (χ4n) is 5.80. The van der Waals surface area contributed by atoms with Gasteiger partial charge in [-0.15, -0.1) is 0 Å². The van der Waals surface area contributed by atoms with Gasteiger partial charge >= 0.3 is 6.03 Å². The van der Waals surface area contributed by atoms with Gasteiger partial charge in [-0.25, -0.2) is 4.79 Å². The third kappa shape index (κ3) is 7.29. The number of hydrogen-bond donors (Lipinski definition) is 2. The Hall–Kier alpha value is -3.68. The molecule has 7 heteroatoms. The van der Waals surface area contributed by atoms with E-state index < -0.39 is 0 Å². The van der Waals surface area contributed by atoms with Crippen molar-refractivity contribution in [1.82, 2.24) is 14.7 Å². The first-order valence-corrected chi connectivity index (χ1v) is 14.5. The molecule has 40 heavy (non-hydrogen) atoms. The van der Waals surface area contributed by atoms with Crippen molar-refractivity contribution < 1.29 is 9.59 Å². The van der Waals surface area contributed by atoms with E-state index in [9.17, 15) is 9.59 Å². The van der Waals surface area contributed by atoms with Gasteiger partial charge in [0.1, 0.15) is 0 Å². The van der Waals surface area contributed by atoms with Crippen molar-refractivity contribution in [3.63, 3.8) is 0 Å². The van der Waals surface area contributed by atoms with Gasteiger partial charge in [0.15, 0.2) is 0 Å². The van der Waals surface area contributed by atoms with E-state index >= 15 is 0 Å². The summed E-state index contributed by atoms with van der Waals surface area (Å²) in [5.74, 6) is 0.452. The largest absolute Gasteiger partial charge is 0.325 e. The van der Waals surface area contributed by atoms with E-state index in [0.29, 0.717) is 12.5 Å². The van der Waals surface area contributed by atoms with E-state index in [0.717, 1.165) is 81.2 Å². The minimum Gasteiger partial charge on any atom is -0.325 e. The van der Waals surface area contributed by atoms with Crippen LogP contribution in [0.5, 0.6) is 0 Å². The lowest BCUT2D eigenvalue weighted by Crippen LogP contribution is -2.48. The lowest BCUT2D eigenvalue weighted by molar-refractivity contribution is -0.117. The van der Waals surface area contributed by atoms with Gasteiger partial charge in [-0.05, 0) is 67.0 Å². The number of para-hydroxylation sites is 1. The number of aryl methyl sites for hydroxylation is 2. The zero-order valence-electron chi connectivity index (χ0n) is 23.7. The van der Waals surface area contributed by atoms with Crippen molar-refractivity contribution in [2.45, 2.75) is 39.2 Å². The van der Waals surface area contributed by atoms with Crippen LogP contribution in [-0.2, 0) is 11.3 Å². The van der Waals surface area contributed by atoms with Gasteiger partial charge in [0.25, 0.3) is 0 Å². The van der Waals surface area contributed by atoms with Crippen LogP contribution in [0, 0.1) is 13.8 Å². The van der Waals surface area contributed by atoms with E-state index in [2.05, 4.69) is 56.8 Å². The standard InChI is InChI=1S/C33H41N5O2/c1-25-7-6-8-26(2)32(25)35-33(40)38-17-15-29(16-18-38)28-11-13-30(14-12-28)34-31(39)24-37-21-19-36(20-22-37)23-27-9-4-3-5-10-27/h3-14,29H,15-24H2,1-2H3,(H,34,39)(H,35,40). The molecule has 0 aromatic heterocycles. The molecule has 210 valence electrons. The summed E-state index contributed by atoms with van der Waals surface area (Å²) in [4.78, 5) is 32.2. The molecule has 3 aromatic carbocycles. The molecule has 2 saturated heterocycles. The number of piperazine rings is 1. The highest BCUT2D eigenvalue weighted by Crippen LogP contribution is 2.29. The Bertz CT molecular complexity index is 1260. The lowest BCUT2D eigenvalue weighted by Gasteiger charge is -2.34. The molecule has 0 radical (unpaired) electrons. The van der Waals surface area contributed by atoms with Crippen LogP contribution in [0.4, 0.5) is 16.2 Å². The molecule has 0 atom stereocenters. The average molecular weight is 540 g/mol. The molecule has 0 unspecified atom stereocenters. The molecule has 2 fully saturated rings. The van der Waals surface area contributed by atoms with Crippen LogP contribution in [0.2, 0.25) is 0 Å². The summed E-state index contributed by atoms with van der Waals surface area (Å²) in [6, 6.07) is 24.8. The van der Waals surface area contributed by atoms with Crippen LogP contribution >= 0.6 is 0 Å². The molecular weight excluding hydrogens is 498 g/mol. The fourth-order valence-corrected chi connectivity index (χ4v) is 5.80. The highest BCUT2D eigenvalue weighted by molar-refractivity contribution is 5.92. The summed E-state index contributed by atoms with van der Waals surface area (Å²) >= 11 is 0. The summed E-state index contributed by atoms with van der Waals surface area (Å²) in [7, 11) is 0. The Balaban J connectivity index is 1.04. The predicted molar refractivity (Wildman–Crippen MR) is 162 cm³/mol. The third-order valence-electron chi connectivity index (χ3n) is 8.24. The molecule has 0 bridgehead atoms. The number of nitrogens with zero attached hydrogens (tertiary/aromatic N) is 3. The Labute approximate surface area is 238 Å². The van der Waals surface area contributed by atoms with Crippen LogP contribution in [0.25, 0.3) is 0 Å². The molecule has 2 heterocycles. The molecule has 0 spiro atoms. The Kier molecular flexibility index (Phi) is 9.14. The highest BCUT2D eigenvalue weighted by atomic mass is 16.2. The zero-order valence-corrected chi connectivity index (χ0v) is 23.7. The summed E-state index contributed by atoms with van der Waals surface area (Å²) in [5.41, 5.74) is 6.51. The molecule has 0 aliphatic carbocycles. The molecule has 5 rings (SSSR count). The van der Waals surface area contributed by atoms with Crippen molar-refractivity contribution in [3.05, 3.63) is 95.1 Å². The van der Waals surface area contributed by atoms with Crippen molar-refractivity contribution in [3.8, 4) is 0 Å². The number of carbonyl (C=O) groups excluding carboxylic acids is 2. The summed E-state index contributed by atoms with van der Waals surface area (Å²) < 4.78 is 0. The number of amides is 3. The Morgan fingerprint density at radius 3 is 2.00 bits per heavy atom. The Morgan fingerprint density at radius 1 is 0.725 bits per heavy atom. The number of benzene rings is 3. The van der Waals surface area contributed by atoms with E-state index in [1.807, 2.05) is 55.1 Å². The smallest absolute Gasteiger partial charge is 0.321 e. The second kappa shape index (κ2) is 13.1. The second-order valence-electron chi connectivity index (χ2n) is 11.2. The second-order valence-corrected chi connectivity index (χ2v) is 11.2. The fraction of sp³-hybridized carbons (Fsp3) is 0.394. The molecule has 3 amide bonds. The predicted octanol–water partition coefficient (Wildman–Crippen LogP) is 5.47. The summed E-state index contributed by atoms with van der Waals surface area (Å²) in [5, 5.41) is 6.18. The minimum atomic E-state index is -0.0217. The maximum atomic E-state index is 12.9. The molecule has 2 N–H and O–H groups in total. The Morgan fingerprint density at radius 2 is 1.35 bits per heavy atom. The SMILES string of the molecule is Cc1cccc(C)c1NC(=O)N1CCC(c2ccc(NC(=O)CN3CCN(Cc4ccccc4)CC3)cc2)CC1. The van der Waals surface area contributed by atoms with Crippen molar-refractivity contribution in [2.24, 2.45) is 0 Å². The molecule has 2 aliphatic rings. The van der Waals surface area contributed by atoms with E-state index in [1.54, 1.807) is 0 Å². The van der Waals surface area contributed by atoms with E-state index in [4.69, 9.17) is 0 Å². The molecule has 3 aromatic rings. The van der Waals surface area contributed by atoms with E-state index in [-0.39, 0.29) is 11.9 Å². The van der Waals surface area contributed by atoms with Gasteiger partial charge in [0, 0.05) is 57.2 Å². The number of nitrogens with one attached hydrogen (secondary N) is 2. The number of anilines is 2. The summed E-state index contributed by atoms with van der Waals surface area (Å²) in [6.07, 6.45) is 1.87. The molecule has 2 aliphatic heterocycles. The number of carbonyl (C=O) groups is 2.